The van der Waals surface area contributed by atoms with Gasteiger partial charge in [-0.15, -0.1) is 0 Å². The van der Waals surface area contributed by atoms with Crippen LogP contribution < -0.4 is 16.4 Å². The summed E-state index contributed by atoms with van der Waals surface area (Å²) >= 11 is 17.7. The van der Waals surface area contributed by atoms with E-state index in [-0.39, 0.29) is 0 Å². The van der Waals surface area contributed by atoms with Crippen LogP contribution in [0.5, 0.6) is 0 Å². The van der Waals surface area contributed by atoms with Crippen molar-refractivity contribution in [3.63, 3.8) is 0 Å². The van der Waals surface area contributed by atoms with Gasteiger partial charge in [0.05, 0.1) is 15.1 Å². The van der Waals surface area contributed by atoms with Gasteiger partial charge in [-0.1, -0.05) is 34.8 Å². The van der Waals surface area contributed by atoms with Crippen molar-refractivity contribution in [1.82, 2.24) is 15.0 Å². The quantitative estimate of drug-likeness (QED) is 0.595. The molecule has 6 nitrogen and oxygen atoms in total. The van der Waals surface area contributed by atoms with Crippen molar-refractivity contribution in [2.45, 2.75) is 0 Å². The highest BCUT2D eigenvalue weighted by atomic mass is 35.5. The normalized spacial score (nSPS) is 10.5. The molecular formula is C15H11Cl3N6. The van der Waals surface area contributed by atoms with Gasteiger partial charge in [-0.3, -0.25) is 0 Å². The molecule has 1 aromatic carbocycles. The number of hydrogen-bond donors (Lipinski definition) is 3. The summed E-state index contributed by atoms with van der Waals surface area (Å²) in [5.41, 5.74) is 7.15. The van der Waals surface area contributed by atoms with Crippen molar-refractivity contribution < 1.29 is 0 Å². The zero-order valence-electron chi connectivity index (χ0n) is 12.1. The van der Waals surface area contributed by atoms with E-state index in [1.807, 2.05) is 0 Å². The third-order valence-corrected chi connectivity index (χ3v) is 4.00. The van der Waals surface area contributed by atoms with E-state index in [2.05, 4.69) is 25.6 Å². The van der Waals surface area contributed by atoms with Gasteiger partial charge in [0.1, 0.15) is 17.8 Å². The lowest BCUT2D eigenvalue weighted by atomic mass is 10.3. The van der Waals surface area contributed by atoms with Gasteiger partial charge in [0.15, 0.2) is 11.6 Å². The van der Waals surface area contributed by atoms with Crippen LogP contribution in [0.3, 0.4) is 0 Å². The molecule has 0 unspecified atom stereocenters. The van der Waals surface area contributed by atoms with E-state index in [9.17, 15) is 0 Å². The summed E-state index contributed by atoms with van der Waals surface area (Å²) in [6.45, 7) is 0. The fourth-order valence-electron chi connectivity index (χ4n) is 1.88. The van der Waals surface area contributed by atoms with Crippen LogP contribution in [-0.4, -0.2) is 15.0 Å². The predicted octanol–water partition coefficient (Wildman–Crippen LogP) is 4.90. The number of nitrogens with two attached hydrogens (primary N) is 1. The number of benzene rings is 1. The monoisotopic (exact) mass is 380 g/mol. The summed E-state index contributed by atoms with van der Waals surface area (Å²) in [4.78, 5) is 12.4. The van der Waals surface area contributed by atoms with Gasteiger partial charge < -0.3 is 16.4 Å². The van der Waals surface area contributed by atoms with E-state index in [1.165, 1.54) is 12.5 Å². The van der Waals surface area contributed by atoms with E-state index in [4.69, 9.17) is 40.5 Å². The third kappa shape index (κ3) is 3.79. The number of aromatic nitrogens is 3. The van der Waals surface area contributed by atoms with Gasteiger partial charge in [-0.2, -0.15) is 0 Å². The summed E-state index contributed by atoms with van der Waals surface area (Å²) in [6.07, 6.45) is 2.91. The smallest absolute Gasteiger partial charge is 0.160 e. The van der Waals surface area contributed by atoms with Crippen LogP contribution in [-0.2, 0) is 0 Å². The highest BCUT2D eigenvalue weighted by molar-refractivity contribution is 6.42. The van der Waals surface area contributed by atoms with Crippen molar-refractivity contribution in [1.29, 1.82) is 0 Å². The van der Waals surface area contributed by atoms with Gasteiger partial charge >= 0.3 is 0 Å². The first kappa shape index (κ1) is 16.6. The second kappa shape index (κ2) is 7.09. The Morgan fingerprint density at radius 2 is 1.58 bits per heavy atom. The number of nitrogens with one attached hydrogen (secondary N) is 2. The Labute approximate surface area is 153 Å². The Morgan fingerprint density at radius 1 is 0.833 bits per heavy atom. The first-order valence-corrected chi connectivity index (χ1v) is 7.87. The molecule has 3 aromatic rings. The molecule has 2 aromatic heterocycles. The van der Waals surface area contributed by atoms with E-state index in [1.54, 1.807) is 30.3 Å². The molecule has 4 N–H and O–H groups in total. The Morgan fingerprint density at radius 3 is 2.25 bits per heavy atom. The van der Waals surface area contributed by atoms with Gasteiger partial charge in [0, 0.05) is 11.9 Å². The highest BCUT2D eigenvalue weighted by Crippen LogP contribution is 2.30. The number of rotatable bonds is 4. The van der Waals surface area contributed by atoms with Crippen LogP contribution >= 0.6 is 34.8 Å². The van der Waals surface area contributed by atoms with E-state index in [0.29, 0.717) is 43.9 Å². The fraction of sp³-hybridized carbons (Fsp3) is 0. The maximum atomic E-state index is 6.11. The molecule has 0 saturated heterocycles. The molecule has 0 bridgehead atoms. The minimum Gasteiger partial charge on any atom is -0.393 e. The van der Waals surface area contributed by atoms with Gasteiger partial charge in [-0.05, 0) is 30.3 Å². The second-order valence-electron chi connectivity index (χ2n) is 4.73. The first-order chi connectivity index (χ1) is 11.5. The number of hydrogen-bond acceptors (Lipinski definition) is 6. The minimum absolute atomic E-state index is 0.334. The van der Waals surface area contributed by atoms with Crippen LogP contribution in [0, 0.1) is 0 Å². The summed E-state index contributed by atoms with van der Waals surface area (Å²) in [6, 6.07) is 8.56. The summed E-state index contributed by atoms with van der Waals surface area (Å²) in [5.74, 6) is 1.41. The number of anilines is 5. The third-order valence-electron chi connectivity index (χ3n) is 3.04. The summed E-state index contributed by atoms with van der Waals surface area (Å²) in [7, 11) is 0. The van der Waals surface area contributed by atoms with Crippen LogP contribution in [0.4, 0.5) is 28.8 Å². The molecule has 0 saturated carbocycles. The maximum Gasteiger partial charge on any atom is 0.160 e. The van der Waals surface area contributed by atoms with Crippen LogP contribution in [0.15, 0.2) is 42.9 Å². The molecule has 24 heavy (non-hydrogen) atoms. The lowest BCUT2D eigenvalue weighted by Crippen LogP contribution is -2.05. The van der Waals surface area contributed by atoms with Gasteiger partial charge in [0.25, 0.3) is 0 Å². The van der Waals surface area contributed by atoms with E-state index in [0.717, 1.165) is 0 Å². The average molecular weight is 382 g/mol. The number of nitrogens with zero attached hydrogens (tertiary/aromatic N) is 3. The molecule has 9 heteroatoms. The van der Waals surface area contributed by atoms with Gasteiger partial charge in [-0.25, -0.2) is 15.0 Å². The standard InChI is InChI=1S/C15H11Cl3N6/c16-8-1-4-12(20-6-8)24-15-13(19)14(21-7-22-15)23-9-2-3-10(17)11(18)5-9/h1-7H,19H2,(H2,20,21,22,23,24). The lowest BCUT2D eigenvalue weighted by Gasteiger charge is -2.12. The Kier molecular flexibility index (Phi) is 4.89. The SMILES string of the molecule is Nc1c(Nc2ccc(Cl)c(Cl)c2)ncnc1Nc1ccc(Cl)cn1. The molecule has 2 heterocycles. The van der Waals surface area contributed by atoms with Crippen molar-refractivity contribution in [3.8, 4) is 0 Å². The van der Waals surface area contributed by atoms with E-state index < -0.39 is 0 Å². The van der Waals surface area contributed by atoms with Crippen LogP contribution in [0.25, 0.3) is 0 Å². The minimum atomic E-state index is 0.334. The van der Waals surface area contributed by atoms with Crippen molar-refractivity contribution >= 4 is 63.6 Å². The molecule has 0 aliphatic heterocycles. The zero-order valence-corrected chi connectivity index (χ0v) is 14.4. The summed E-state index contributed by atoms with van der Waals surface area (Å²) < 4.78 is 0. The topological polar surface area (TPSA) is 88.8 Å². The molecule has 122 valence electrons. The Hall–Kier alpha value is -2.28. The predicted molar refractivity (Wildman–Crippen MR) is 98.7 cm³/mol. The molecule has 0 aliphatic rings. The van der Waals surface area contributed by atoms with Crippen LogP contribution in [0.2, 0.25) is 15.1 Å². The van der Waals surface area contributed by atoms with Gasteiger partial charge in [0.2, 0.25) is 0 Å². The maximum absolute atomic E-state index is 6.11. The Bertz CT molecular complexity index is 870. The largest absolute Gasteiger partial charge is 0.393 e. The molecule has 0 fully saturated rings. The summed E-state index contributed by atoms with van der Waals surface area (Å²) in [5, 5.41) is 7.52. The van der Waals surface area contributed by atoms with Crippen molar-refractivity contribution in [2.75, 3.05) is 16.4 Å². The van der Waals surface area contributed by atoms with Crippen molar-refractivity contribution in [3.05, 3.63) is 57.9 Å². The number of pyridine rings is 1. The molecule has 3 rings (SSSR count). The fourth-order valence-corrected chi connectivity index (χ4v) is 2.29. The molecule has 0 atom stereocenters. The first-order valence-electron chi connectivity index (χ1n) is 6.74. The molecule has 0 radical (unpaired) electrons. The molecular weight excluding hydrogens is 371 g/mol. The van der Waals surface area contributed by atoms with E-state index >= 15 is 0 Å². The number of halogens is 3. The lowest BCUT2D eigenvalue weighted by molar-refractivity contribution is 1.16. The molecule has 0 aliphatic carbocycles. The highest BCUT2D eigenvalue weighted by Gasteiger charge is 2.10. The molecule has 0 amide bonds. The average Bonchev–Trinajstić information content (AvgIpc) is 2.57. The molecule has 0 spiro atoms. The van der Waals surface area contributed by atoms with Crippen molar-refractivity contribution in [2.24, 2.45) is 0 Å². The van der Waals surface area contributed by atoms with Crippen LogP contribution in [0.1, 0.15) is 0 Å². The zero-order chi connectivity index (χ0) is 17.1. The number of nitrogen functional groups attached to an aromatic ring is 1. The second-order valence-corrected chi connectivity index (χ2v) is 5.98. The Balaban J connectivity index is 1.84.